The number of hydrogen-bond acceptors (Lipinski definition) is 3. The van der Waals surface area contributed by atoms with Gasteiger partial charge in [-0.15, -0.1) is 17.9 Å². The lowest BCUT2D eigenvalue weighted by atomic mass is 10.1. The Bertz CT molecular complexity index is 734. The molecule has 0 atom stereocenters. The predicted molar refractivity (Wildman–Crippen MR) is 95.4 cm³/mol. The van der Waals surface area contributed by atoms with Gasteiger partial charge in [-0.3, -0.25) is 9.59 Å². The normalized spacial score (nSPS) is 10.2. The first-order chi connectivity index (χ1) is 11.1. The molecule has 0 aliphatic carbocycles. The van der Waals surface area contributed by atoms with E-state index >= 15 is 0 Å². The predicted octanol–water partition coefficient (Wildman–Crippen LogP) is 3.79. The second-order valence-corrected chi connectivity index (χ2v) is 6.30. The number of carbonyl (C=O) groups excluding carboxylic acids is 2. The Hall–Kier alpha value is -2.40. The second kappa shape index (κ2) is 7.74. The van der Waals surface area contributed by atoms with Gasteiger partial charge in [-0.1, -0.05) is 25.1 Å². The summed E-state index contributed by atoms with van der Waals surface area (Å²) in [5, 5.41) is 5.55. The molecule has 2 rings (SSSR count). The minimum Gasteiger partial charge on any atom is -0.349 e. The SMILES string of the molecule is C=CCNC(=O)c1ccccc1NC(=O)c1cc(CC)c(C)s1. The number of aryl methyl sites for hydroxylation is 2. The molecule has 1 aromatic heterocycles. The molecule has 0 saturated heterocycles. The summed E-state index contributed by atoms with van der Waals surface area (Å²) >= 11 is 1.47. The van der Waals surface area contributed by atoms with E-state index in [0.717, 1.165) is 11.3 Å². The van der Waals surface area contributed by atoms with Crippen LogP contribution in [0.4, 0.5) is 5.69 Å². The van der Waals surface area contributed by atoms with Crippen LogP contribution in [0.25, 0.3) is 0 Å². The van der Waals surface area contributed by atoms with Gasteiger partial charge in [0.25, 0.3) is 11.8 Å². The van der Waals surface area contributed by atoms with Crippen LogP contribution in [0.15, 0.2) is 43.0 Å². The molecule has 0 aliphatic heterocycles. The van der Waals surface area contributed by atoms with Crippen LogP contribution in [0.2, 0.25) is 0 Å². The fraction of sp³-hybridized carbons (Fsp3) is 0.222. The molecular weight excluding hydrogens is 308 g/mol. The van der Waals surface area contributed by atoms with Gasteiger partial charge in [0.1, 0.15) is 0 Å². The van der Waals surface area contributed by atoms with E-state index in [1.54, 1.807) is 30.3 Å². The number of anilines is 1. The third kappa shape index (κ3) is 4.07. The average Bonchev–Trinajstić information content (AvgIpc) is 2.94. The quantitative estimate of drug-likeness (QED) is 0.793. The monoisotopic (exact) mass is 328 g/mol. The summed E-state index contributed by atoms with van der Waals surface area (Å²) < 4.78 is 0. The van der Waals surface area contributed by atoms with E-state index in [0.29, 0.717) is 22.7 Å². The number of nitrogens with one attached hydrogen (secondary N) is 2. The van der Waals surface area contributed by atoms with Gasteiger partial charge in [0.15, 0.2) is 0 Å². The molecule has 0 aliphatic rings. The van der Waals surface area contributed by atoms with E-state index in [1.165, 1.54) is 16.9 Å². The Morgan fingerprint density at radius 1 is 1.26 bits per heavy atom. The van der Waals surface area contributed by atoms with Gasteiger partial charge in [0.05, 0.1) is 16.1 Å². The highest BCUT2D eigenvalue weighted by Crippen LogP contribution is 2.24. The molecule has 5 heteroatoms. The zero-order valence-corrected chi connectivity index (χ0v) is 14.1. The maximum absolute atomic E-state index is 12.4. The van der Waals surface area contributed by atoms with Crippen molar-refractivity contribution in [3.63, 3.8) is 0 Å². The molecule has 2 amide bonds. The summed E-state index contributed by atoms with van der Waals surface area (Å²) in [6.45, 7) is 8.03. The zero-order valence-electron chi connectivity index (χ0n) is 13.3. The van der Waals surface area contributed by atoms with Crippen LogP contribution in [-0.4, -0.2) is 18.4 Å². The number of rotatable bonds is 6. The fourth-order valence-electron chi connectivity index (χ4n) is 2.22. The van der Waals surface area contributed by atoms with Crippen molar-refractivity contribution in [1.82, 2.24) is 5.32 Å². The molecule has 1 aromatic carbocycles. The summed E-state index contributed by atoms with van der Waals surface area (Å²) in [6.07, 6.45) is 2.51. The number of thiophene rings is 1. The number of amides is 2. The molecule has 0 fully saturated rings. The molecular formula is C18H20N2O2S. The van der Waals surface area contributed by atoms with Crippen LogP contribution in [0.3, 0.4) is 0 Å². The largest absolute Gasteiger partial charge is 0.349 e. The first-order valence-electron chi connectivity index (χ1n) is 7.45. The summed E-state index contributed by atoms with van der Waals surface area (Å²) in [5.41, 5.74) is 2.12. The summed E-state index contributed by atoms with van der Waals surface area (Å²) in [6, 6.07) is 8.88. The van der Waals surface area contributed by atoms with Crippen molar-refractivity contribution in [1.29, 1.82) is 0 Å². The van der Waals surface area contributed by atoms with Crippen molar-refractivity contribution in [2.24, 2.45) is 0 Å². The molecule has 4 nitrogen and oxygen atoms in total. The Labute approximate surface area is 140 Å². The van der Waals surface area contributed by atoms with Crippen LogP contribution in [0, 0.1) is 6.92 Å². The molecule has 0 unspecified atom stereocenters. The second-order valence-electron chi connectivity index (χ2n) is 5.04. The van der Waals surface area contributed by atoms with Crippen molar-refractivity contribution in [3.05, 3.63) is 63.9 Å². The Morgan fingerprint density at radius 3 is 2.65 bits per heavy atom. The van der Waals surface area contributed by atoms with Crippen LogP contribution in [0.5, 0.6) is 0 Å². The Morgan fingerprint density at radius 2 is 2.00 bits per heavy atom. The minimum absolute atomic E-state index is 0.193. The van der Waals surface area contributed by atoms with Gasteiger partial charge in [0.2, 0.25) is 0 Å². The summed E-state index contributed by atoms with van der Waals surface area (Å²) in [4.78, 5) is 26.4. The molecule has 1 heterocycles. The van der Waals surface area contributed by atoms with Crippen LogP contribution < -0.4 is 10.6 Å². The van der Waals surface area contributed by atoms with Crippen LogP contribution >= 0.6 is 11.3 Å². The average molecular weight is 328 g/mol. The van der Waals surface area contributed by atoms with E-state index in [-0.39, 0.29) is 11.8 Å². The summed E-state index contributed by atoms with van der Waals surface area (Å²) in [7, 11) is 0. The summed E-state index contributed by atoms with van der Waals surface area (Å²) in [5.74, 6) is -0.431. The first kappa shape index (κ1) is 17.0. The lowest BCUT2D eigenvalue weighted by Gasteiger charge is -2.10. The maximum atomic E-state index is 12.4. The molecule has 0 saturated carbocycles. The highest BCUT2D eigenvalue weighted by molar-refractivity contribution is 7.14. The van der Waals surface area contributed by atoms with Crippen molar-refractivity contribution in [3.8, 4) is 0 Å². The number of hydrogen-bond donors (Lipinski definition) is 2. The standard InChI is InChI=1S/C18H20N2O2S/c1-4-10-19-17(21)14-8-6-7-9-15(14)20-18(22)16-11-13(5-2)12(3)23-16/h4,6-9,11H,1,5,10H2,2-3H3,(H,19,21)(H,20,22). The molecule has 23 heavy (non-hydrogen) atoms. The van der Waals surface area contributed by atoms with Gasteiger partial charge in [-0.05, 0) is 37.1 Å². The molecule has 120 valence electrons. The number of benzene rings is 1. The lowest BCUT2D eigenvalue weighted by molar-refractivity contribution is 0.0959. The van der Waals surface area contributed by atoms with E-state index in [4.69, 9.17) is 0 Å². The van der Waals surface area contributed by atoms with E-state index in [1.807, 2.05) is 13.0 Å². The zero-order chi connectivity index (χ0) is 16.8. The van der Waals surface area contributed by atoms with Crippen LogP contribution in [-0.2, 0) is 6.42 Å². The maximum Gasteiger partial charge on any atom is 0.265 e. The Kier molecular flexibility index (Phi) is 5.71. The molecule has 0 radical (unpaired) electrons. The fourth-order valence-corrected chi connectivity index (χ4v) is 3.23. The van der Waals surface area contributed by atoms with Crippen molar-refractivity contribution < 1.29 is 9.59 Å². The lowest BCUT2D eigenvalue weighted by Crippen LogP contribution is -2.25. The number of para-hydroxylation sites is 1. The van der Waals surface area contributed by atoms with Gasteiger partial charge in [-0.2, -0.15) is 0 Å². The minimum atomic E-state index is -0.239. The van der Waals surface area contributed by atoms with Gasteiger partial charge < -0.3 is 10.6 Å². The van der Waals surface area contributed by atoms with Crippen molar-refractivity contribution >= 4 is 28.8 Å². The third-order valence-corrected chi connectivity index (χ3v) is 4.54. The smallest absolute Gasteiger partial charge is 0.265 e. The van der Waals surface area contributed by atoms with E-state index in [9.17, 15) is 9.59 Å². The topological polar surface area (TPSA) is 58.2 Å². The number of carbonyl (C=O) groups is 2. The third-order valence-electron chi connectivity index (χ3n) is 3.45. The van der Waals surface area contributed by atoms with E-state index < -0.39 is 0 Å². The van der Waals surface area contributed by atoms with Crippen LogP contribution in [0.1, 0.15) is 37.4 Å². The van der Waals surface area contributed by atoms with Crippen molar-refractivity contribution in [2.45, 2.75) is 20.3 Å². The Balaban J connectivity index is 2.20. The van der Waals surface area contributed by atoms with Gasteiger partial charge in [0, 0.05) is 11.4 Å². The molecule has 0 spiro atoms. The molecule has 2 aromatic rings. The first-order valence-corrected chi connectivity index (χ1v) is 8.27. The van der Waals surface area contributed by atoms with Gasteiger partial charge >= 0.3 is 0 Å². The van der Waals surface area contributed by atoms with Crippen molar-refractivity contribution in [2.75, 3.05) is 11.9 Å². The highest BCUT2D eigenvalue weighted by Gasteiger charge is 2.15. The molecule has 2 N–H and O–H groups in total. The highest BCUT2D eigenvalue weighted by atomic mass is 32.1. The van der Waals surface area contributed by atoms with Gasteiger partial charge in [-0.25, -0.2) is 0 Å². The molecule has 0 bridgehead atoms. The van der Waals surface area contributed by atoms with E-state index in [2.05, 4.69) is 24.1 Å².